The van der Waals surface area contributed by atoms with Crippen LogP contribution in [0, 0.1) is 11.3 Å². The molecule has 0 atom stereocenters. The van der Waals surface area contributed by atoms with E-state index in [9.17, 15) is 4.79 Å². The van der Waals surface area contributed by atoms with E-state index < -0.39 is 0 Å². The molecule has 1 N–H and O–H groups in total. The first-order valence-electron chi connectivity index (χ1n) is 7.41. The molecule has 1 fully saturated rings. The molecule has 1 aliphatic rings. The molecule has 1 aromatic heterocycles. The molecule has 0 radical (unpaired) electrons. The number of methoxy groups -OCH3 is 1. The van der Waals surface area contributed by atoms with Gasteiger partial charge in [0, 0.05) is 18.0 Å². The summed E-state index contributed by atoms with van der Waals surface area (Å²) in [6.45, 7) is 0.945. The van der Waals surface area contributed by atoms with Gasteiger partial charge in [0.2, 0.25) is 5.88 Å². The number of benzene rings is 1. The molecular weight excluding hydrogens is 308 g/mol. The van der Waals surface area contributed by atoms with Crippen molar-refractivity contribution in [1.29, 1.82) is 5.26 Å². The Morgan fingerprint density at radius 2 is 2.08 bits per heavy atom. The Bertz CT molecular complexity index is 764. The minimum absolute atomic E-state index is 0.118. The third kappa shape index (κ3) is 3.55. The van der Waals surface area contributed by atoms with Gasteiger partial charge in [-0.05, 0) is 30.3 Å². The molecule has 0 aliphatic carbocycles. The zero-order valence-corrected chi connectivity index (χ0v) is 13.1. The molecule has 2 amide bonds. The van der Waals surface area contributed by atoms with Crippen molar-refractivity contribution in [3.63, 3.8) is 0 Å². The molecule has 24 heavy (non-hydrogen) atoms. The van der Waals surface area contributed by atoms with Crippen LogP contribution in [0.2, 0.25) is 0 Å². The van der Waals surface area contributed by atoms with Gasteiger partial charge >= 0.3 is 6.03 Å². The van der Waals surface area contributed by atoms with E-state index in [1.54, 1.807) is 48.4 Å². The summed E-state index contributed by atoms with van der Waals surface area (Å²) in [6, 6.07) is 12.2. The number of rotatable bonds is 4. The number of carbonyl (C=O) groups excluding carboxylic acids is 1. The first-order valence-corrected chi connectivity index (χ1v) is 7.41. The number of hydrogen-bond donors (Lipinski definition) is 1. The average molecular weight is 324 g/mol. The summed E-state index contributed by atoms with van der Waals surface area (Å²) < 4.78 is 10.7. The van der Waals surface area contributed by atoms with Crippen LogP contribution in [-0.4, -0.2) is 42.2 Å². The van der Waals surface area contributed by atoms with Gasteiger partial charge in [-0.25, -0.2) is 9.78 Å². The summed E-state index contributed by atoms with van der Waals surface area (Å²) >= 11 is 0. The summed E-state index contributed by atoms with van der Waals surface area (Å²) in [4.78, 5) is 17.8. The molecule has 7 nitrogen and oxygen atoms in total. The van der Waals surface area contributed by atoms with E-state index in [2.05, 4.69) is 10.3 Å². The quantitative estimate of drug-likeness (QED) is 0.932. The van der Waals surface area contributed by atoms with E-state index >= 15 is 0 Å². The van der Waals surface area contributed by atoms with Gasteiger partial charge in [0.25, 0.3) is 0 Å². The van der Waals surface area contributed by atoms with Crippen LogP contribution >= 0.6 is 0 Å². The van der Waals surface area contributed by atoms with Crippen LogP contribution < -0.4 is 14.8 Å². The first-order chi connectivity index (χ1) is 11.7. The number of pyridine rings is 1. The number of ether oxygens (including phenoxy) is 2. The SMILES string of the molecule is COc1ccc(NC(=O)N2CC(Oc3cc(C#N)ccn3)C2)cc1. The van der Waals surface area contributed by atoms with Crippen LogP contribution in [0.15, 0.2) is 42.6 Å². The average Bonchev–Trinajstić information content (AvgIpc) is 2.58. The highest BCUT2D eigenvalue weighted by Gasteiger charge is 2.32. The monoisotopic (exact) mass is 324 g/mol. The van der Waals surface area contributed by atoms with Gasteiger partial charge in [-0.15, -0.1) is 0 Å². The molecule has 0 bridgehead atoms. The summed E-state index contributed by atoms with van der Waals surface area (Å²) in [7, 11) is 1.59. The Morgan fingerprint density at radius 3 is 2.75 bits per heavy atom. The molecule has 1 aliphatic heterocycles. The Labute approximate surface area is 139 Å². The Balaban J connectivity index is 1.48. The molecule has 1 saturated heterocycles. The minimum Gasteiger partial charge on any atom is -0.497 e. The van der Waals surface area contributed by atoms with Gasteiger partial charge in [-0.3, -0.25) is 0 Å². The predicted octanol–water partition coefficient (Wildman–Crippen LogP) is 2.26. The van der Waals surface area contributed by atoms with Crippen molar-refractivity contribution >= 4 is 11.7 Å². The van der Waals surface area contributed by atoms with Gasteiger partial charge in [0.15, 0.2) is 0 Å². The lowest BCUT2D eigenvalue weighted by Crippen LogP contribution is -2.57. The fourth-order valence-electron chi connectivity index (χ4n) is 2.27. The molecule has 0 spiro atoms. The van der Waals surface area contributed by atoms with Crippen LogP contribution in [-0.2, 0) is 0 Å². The molecule has 0 unspecified atom stereocenters. The van der Waals surface area contributed by atoms with E-state index in [1.165, 1.54) is 6.20 Å². The maximum absolute atomic E-state index is 12.1. The van der Waals surface area contributed by atoms with Crippen LogP contribution in [0.1, 0.15) is 5.56 Å². The second-order valence-electron chi connectivity index (χ2n) is 5.30. The molecule has 2 heterocycles. The second-order valence-corrected chi connectivity index (χ2v) is 5.30. The number of urea groups is 1. The Morgan fingerprint density at radius 1 is 1.33 bits per heavy atom. The van der Waals surface area contributed by atoms with Crippen molar-refractivity contribution < 1.29 is 14.3 Å². The Hall–Kier alpha value is -3.27. The van der Waals surface area contributed by atoms with Crippen LogP contribution in [0.5, 0.6) is 11.6 Å². The summed E-state index contributed by atoms with van der Waals surface area (Å²) in [6.07, 6.45) is 1.41. The van der Waals surface area contributed by atoms with Crippen LogP contribution in [0.3, 0.4) is 0 Å². The number of amides is 2. The largest absolute Gasteiger partial charge is 0.497 e. The lowest BCUT2D eigenvalue weighted by molar-refractivity contribution is 0.0461. The number of hydrogen-bond acceptors (Lipinski definition) is 5. The van der Waals surface area contributed by atoms with Crippen molar-refractivity contribution in [3.05, 3.63) is 48.2 Å². The summed E-state index contributed by atoms with van der Waals surface area (Å²) in [5, 5.41) is 11.7. The van der Waals surface area contributed by atoms with Crippen LogP contribution in [0.25, 0.3) is 0 Å². The number of nitriles is 1. The summed E-state index contributed by atoms with van der Waals surface area (Å²) in [5.74, 6) is 1.13. The van der Waals surface area contributed by atoms with E-state index in [1.807, 2.05) is 6.07 Å². The van der Waals surface area contributed by atoms with Gasteiger partial charge in [0.05, 0.1) is 31.8 Å². The highest BCUT2D eigenvalue weighted by molar-refractivity contribution is 5.90. The van der Waals surface area contributed by atoms with Crippen molar-refractivity contribution in [2.24, 2.45) is 0 Å². The first kappa shape index (κ1) is 15.6. The van der Waals surface area contributed by atoms with Gasteiger partial charge < -0.3 is 19.7 Å². The number of anilines is 1. The van der Waals surface area contributed by atoms with E-state index in [4.69, 9.17) is 14.7 Å². The fourth-order valence-corrected chi connectivity index (χ4v) is 2.27. The molecular formula is C17H16N4O3. The molecule has 2 aromatic rings. The van der Waals surface area contributed by atoms with Gasteiger partial charge in [-0.2, -0.15) is 5.26 Å². The zero-order chi connectivity index (χ0) is 16.9. The van der Waals surface area contributed by atoms with Crippen LogP contribution in [0.4, 0.5) is 10.5 Å². The molecule has 3 rings (SSSR count). The normalized spacial score (nSPS) is 13.6. The van der Waals surface area contributed by atoms with Crippen molar-refractivity contribution in [2.45, 2.75) is 6.10 Å². The number of carbonyl (C=O) groups is 1. The third-order valence-electron chi connectivity index (χ3n) is 3.63. The Kier molecular flexibility index (Phi) is 4.47. The number of aromatic nitrogens is 1. The summed E-state index contributed by atoms with van der Waals surface area (Å²) in [5.41, 5.74) is 1.20. The van der Waals surface area contributed by atoms with Crippen molar-refractivity contribution in [2.75, 3.05) is 25.5 Å². The molecule has 1 aromatic carbocycles. The lowest BCUT2D eigenvalue weighted by Gasteiger charge is -2.38. The standard InChI is InChI=1S/C17H16N4O3/c1-23-14-4-2-13(3-5-14)20-17(22)21-10-15(11-21)24-16-8-12(9-18)6-7-19-16/h2-8,15H,10-11H2,1H3,(H,20,22). The molecule has 0 saturated carbocycles. The van der Waals surface area contributed by atoms with Crippen molar-refractivity contribution in [1.82, 2.24) is 9.88 Å². The predicted molar refractivity (Wildman–Crippen MR) is 87.0 cm³/mol. The third-order valence-corrected chi connectivity index (χ3v) is 3.63. The van der Waals surface area contributed by atoms with E-state index in [0.717, 1.165) is 5.75 Å². The zero-order valence-electron chi connectivity index (χ0n) is 13.1. The molecule has 122 valence electrons. The topological polar surface area (TPSA) is 87.5 Å². The molecule has 7 heteroatoms. The maximum atomic E-state index is 12.1. The maximum Gasteiger partial charge on any atom is 0.322 e. The lowest BCUT2D eigenvalue weighted by atomic mass is 10.2. The van der Waals surface area contributed by atoms with Crippen molar-refractivity contribution in [3.8, 4) is 17.7 Å². The highest BCUT2D eigenvalue weighted by Crippen LogP contribution is 2.19. The number of nitrogens with zero attached hydrogens (tertiary/aromatic N) is 3. The number of likely N-dealkylation sites (tertiary alicyclic amines) is 1. The minimum atomic E-state index is -0.182. The van der Waals surface area contributed by atoms with E-state index in [-0.39, 0.29) is 12.1 Å². The fraction of sp³-hybridized carbons (Fsp3) is 0.235. The van der Waals surface area contributed by atoms with E-state index in [0.29, 0.717) is 30.2 Å². The van der Waals surface area contributed by atoms with Gasteiger partial charge in [-0.1, -0.05) is 0 Å². The second kappa shape index (κ2) is 6.87. The highest BCUT2D eigenvalue weighted by atomic mass is 16.5. The smallest absolute Gasteiger partial charge is 0.322 e. The number of nitrogens with one attached hydrogen (secondary N) is 1. The van der Waals surface area contributed by atoms with Gasteiger partial charge in [0.1, 0.15) is 11.9 Å².